The van der Waals surface area contributed by atoms with Crippen LogP contribution >= 0.6 is 23.4 Å². The van der Waals surface area contributed by atoms with Gasteiger partial charge in [-0.1, -0.05) is 29.8 Å². The number of hydrogen-bond donors (Lipinski definition) is 2. The summed E-state index contributed by atoms with van der Waals surface area (Å²) < 4.78 is 1.64. The number of thioether (sulfide) groups is 1. The molecule has 0 aliphatic carbocycles. The summed E-state index contributed by atoms with van der Waals surface area (Å²) in [7, 11) is 0. The van der Waals surface area contributed by atoms with Crippen molar-refractivity contribution in [2.45, 2.75) is 4.90 Å². The molecule has 0 atom stereocenters. The summed E-state index contributed by atoms with van der Waals surface area (Å²) in [5.41, 5.74) is 9.85. The highest BCUT2D eigenvalue weighted by atomic mass is 35.5. The average molecular weight is 435 g/mol. The van der Waals surface area contributed by atoms with Gasteiger partial charge in [0.1, 0.15) is 5.82 Å². The quantitative estimate of drug-likeness (QED) is 0.392. The Kier molecular flexibility index (Phi) is 5.79. The zero-order chi connectivity index (χ0) is 21.1. The van der Waals surface area contributed by atoms with Crippen LogP contribution in [0, 0.1) is 0 Å². The van der Waals surface area contributed by atoms with E-state index in [1.165, 1.54) is 0 Å². The van der Waals surface area contributed by atoms with E-state index in [2.05, 4.69) is 10.4 Å². The van der Waals surface area contributed by atoms with Crippen LogP contribution < -0.4 is 11.1 Å². The highest BCUT2D eigenvalue weighted by Gasteiger charge is 2.11. The number of halogens is 1. The maximum absolute atomic E-state index is 12.6. The Balaban J connectivity index is 1.54. The number of nitrogen functional groups attached to an aromatic ring is 1. The Hall–Kier alpha value is -3.22. The highest BCUT2D eigenvalue weighted by Crippen LogP contribution is 2.25. The van der Waals surface area contributed by atoms with Gasteiger partial charge in [-0.3, -0.25) is 4.79 Å². The van der Waals surface area contributed by atoms with Crippen molar-refractivity contribution in [1.29, 1.82) is 0 Å². The second-order valence-corrected chi connectivity index (χ2v) is 7.93. The van der Waals surface area contributed by atoms with Crippen LogP contribution in [0.25, 0.3) is 16.9 Å². The monoisotopic (exact) mass is 434 g/mol. The Morgan fingerprint density at radius 2 is 1.80 bits per heavy atom. The molecule has 7 heteroatoms. The summed E-state index contributed by atoms with van der Waals surface area (Å²) in [6.45, 7) is 0. The Morgan fingerprint density at radius 1 is 1.03 bits per heavy atom. The van der Waals surface area contributed by atoms with E-state index in [4.69, 9.17) is 17.3 Å². The minimum atomic E-state index is -0.173. The number of carbonyl (C=O) groups is 1. The molecule has 0 saturated carbocycles. The number of amides is 1. The van der Waals surface area contributed by atoms with E-state index in [9.17, 15) is 4.79 Å². The summed E-state index contributed by atoms with van der Waals surface area (Å²) >= 11 is 7.70. The van der Waals surface area contributed by atoms with Gasteiger partial charge in [0.15, 0.2) is 0 Å². The van der Waals surface area contributed by atoms with Gasteiger partial charge < -0.3 is 11.1 Å². The largest absolute Gasteiger partial charge is 0.384 e. The van der Waals surface area contributed by atoms with E-state index in [1.54, 1.807) is 34.6 Å². The molecule has 4 rings (SSSR count). The van der Waals surface area contributed by atoms with Crippen molar-refractivity contribution in [2.24, 2.45) is 0 Å². The predicted molar refractivity (Wildman–Crippen MR) is 125 cm³/mol. The smallest absolute Gasteiger partial charge is 0.255 e. The SMILES string of the molecule is CSc1cccc(NC(=O)c2ccc(-n3nc(-c4cccc(Cl)c4)cc3N)cc2)c1. The van der Waals surface area contributed by atoms with Crippen molar-refractivity contribution in [3.8, 4) is 16.9 Å². The number of aromatic nitrogens is 2. The van der Waals surface area contributed by atoms with Crippen molar-refractivity contribution in [2.75, 3.05) is 17.3 Å². The normalized spacial score (nSPS) is 10.7. The van der Waals surface area contributed by atoms with E-state index in [-0.39, 0.29) is 5.91 Å². The van der Waals surface area contributed by atoms with Crippen LogP contribution in [0.4, 0.5) is 11.5 Å². The number of anilines is 2. The van der Waals surface area contributed by atoms with E-state index in [1.807, 2.05) is 66.9 Å². The third-order valence-electron chi connectivity index (χ3n) is 4.56. The Labute approximate surface area is 183 Å². The zero-order valence-electron chi connectivity index (χ0n) is 16.2. The van der Waals surface area contributed by atoms with E-state index in [0.29, 0.717) is 16.4 Å². The third-order valence-corrected chi connectivity index (χ3v) is 5.52. The van der Waals surface area contributed by atoms with Crippen molar-refractivity contribution >= 4 is 40.8 Å². The molecule has 0 saturated heterocycles. The standard InChI is InChI=1S/C23H19ClN4OS/c1-30-20-7-3-6-18(13-20)26-23(29)15-8-10-19(11-9-15)28-22(25)14-21(27-28)16-4-2-5-17(24)12-16/h2-14H,25H2,1H3,(H,26,29). The number of hydrogen-bond acceptors (Lipinski definition) is 4. The van der Waals surface area contributed by atoms with E-state index >= 15 is 0 Å². The molecule has 0 spiro atoms. The molecule has 4 aromatic rings. The van der Waals surface area contributed by atoms with Gasteiger partial charge in [-0.15, -0.1) is 11.8 Å². The highest BCUT2D eigenvalue weighted by molar-refractivity contribution is 7.98. The second-order valence-electron chi connectivity index (χ2n) is 6.61. The number of nitrogens with two attached hydrogens (primary N) is 1. The first kappa shape index (κ1) is 20.1. The minimum Gasteiger partial charge on any atom is -0.384 e. The molecule has 3 aromatic carbocycles. The van der Waals surface area contributed by atoms with Gasteiger partial charge in [-0.25, -0.2) is 4.68 Å². The molecule has 0 fully saturated rings. The van der Waals surface area contributed by atoms with Crippen LogP contribution in [0.3, 0.4) is 0 Å². The van der Waals surface area contributed by atoms with Crippen molar-refractivity contribution in [1.82, 2.24) is 9.78 Å². The lowest BCUT2D eigenvalue weighted by Gasteiger charge is -2.08. The summed E-state index contributed by atoms with van der Waals surface area (Å²) in [6.07, 6.45) is 2.00. The lowest BCUT2D eigenvalue weighted by molar-refractivity contribution is 0.102. The molecule has 30 heavy (non-hydrogen) atoms. The van der Waals surface area contributed by atoms with Gasteiger partial charge in [0.2, 0.25) is 0 Å². The van der Waals surface area contributed by atoms with Crippen molar-refractivity contribution in [3.05, 3.63) is 89.4 Å². The van der Waals surface area contributed by atoms with Crippen LogP contribution in [0.15, 0.2) is 83.8 Å². The second kappa shape index (κ2) is 8.65. The summed E-state index contributed by atoms with van der Waals surface area (Å²) in [4.78, 5) is 13.7. The lowest BCUT2D eigenvalue weighted by Crippen LogP contribution is -2.12. The molecular formula is C23H19ClN4OS. The van der Waals surface area contributed by atoms with Gasteiger partial charge in [0.25, 0.3) is 5.91 Å². The molecule has 1 amide bonds. The molecule has 0 aliphatic heterocycles. The maximum Gasteiger partial charge on any atom is 0.255 e. The summed E-state index contributed by atoms with van der Waals surface area (Å²) in [6, 6.07) is 24.1. The molecule has 0 unspecified atom stereocenters. The molecule has 1 aromatic heterocycles. The first-order valence-electron chi connectivity index (χ1n) is 9.21. The number of nitrogens with one attached hydrogen (secondary N) is 1. The first-order valence-corrected chi connectivity index (χ1v) is 10.8. The number of benzene rings is 3. The van der Waals surface area contributed by atoms with Crippen LogP contribution in [0.1, 0.15) is 10.4 Å². The first-order chi connectivity index (χ1) is 14.5. The molecule has 0 bridgehead atoms. The number of carbonyl (C=O) groups excluding carboxylic acids is 1. The summed E-state index contributed by atoms with van der Waals surface area (Å²) in [5, 5.41) is 8.14. The number of nitrogens with zero attached hydrogens (tertiary/aromatic N) is 2. The fourth-order valence-electron chi connectivity index (χ4n) is 3.05. The van der Waals surface area contributed by atoms with Gasteiger partial charge in [-0.05, 0) is 60.9 Å². The van der Waals surface area contributed by atoms with Gasteiger partial charge in [0.05, 0.1) is 11.4 Å². The van der Waals surface area contributed by atoms with Gasteiger partial charge in [-0.2, -0.15) is 5.10 Å². The zero-order valence-corrected chi connectivity index (χ0v) is 17.7. The number of rotatable bonds is 5. The Morgan fingerprint density at radius 3 is 2.53 bits per heavy atom. The molecule has 0 aliphatic rings. The van der Waals surface area contributed by atoms with Crippen molar-refractivity contribution < 1.29 is 4.79 Å². The Bertz CT molecular complexity index is 1200. The molecule has 3 N–H and O–H groups in total. The fourth-order valence-corrected chi connectivity index (χ4v) is 3.70. The molecular weight excluding hydrogens is 416 g/mol. The van der Waals surface area contributed by atoms with Crippen LogP contribution in [-0.4, -0.2) is 21.9 Å². The minimum absolute atomic E-state index is 0.173. The maximum atomic E-state index is 12.6. The lowest BCUT2D eigenvalue weighted by atomic mass is 10.1. The topological polar surface area (TPSA) is 72.9 Å². The van der Waals surface area contributed by atoms with E-state index in [0.717, 1.165) is 27.5 Å². The average Bonchev–Trinajstić information content (AvgIpc) is 3.15. The van der Waals surface area contributed by atoms with Gasteiger partial charge >= 0.3 is 0 Å². The molecule has 1 heterocycles. The van der Waals surface area contributed by atoms with E-state index < -0.39 is 0 Å². The van der Waals surface area contributed by atoms with Crippen LogP contribution in [0.2, 0.25) is 5.02 Å². The van der Waals surface area contributed by atoms with Crippen molar-refractivity contribution in [3.63, 3.8) is 0 Å². The molecule has 0 radical (unpaired) electrons. The van der Waals surface area contributed by atoms with Crippen LogP contribution in [-0.2, 0) is 0 Å². The predicted octanol–water partition coefficient (Wildman–Crippen LogP) is 5.75. The molecule has 5 nitrogen and oxygen atoms in total. The third kappa shape index (κ3) is 4.35. The fraction of sp³-hybridized carbons (Fsp3) is 0.0435. The summed E-state index contributed by atoms with van der Waals surface area (Å²) in [5.74, 6) is 0.323. The molecule has 150 valence electrons. The van der Waals surface area contributed by atoms with Crippen LogP contribution in [0.5, 0.6) is 0 Å². The van der Waals surface area contributed by atoms with Gasteiger partial charge in [0, 0.05) is 32.8 Å².